The molecule has 0 aromatic rings. The molecule has 26 heavy (non-hydrogen) atoms. The number of carbonyl (C=O) groups excluding carboxylic acids is 2. The van der Waals surface area contributed by atoms with E-state index in [1.165, 1.54) is 0 Å². The SMILES string of the molecule is C=C(C#N)C(=O)OC(CCCCCCC)OC(=O)C(=C)C#[N+]CCCC. The number of nitrogens with zero attached hydrogens (tertiary/aromatic N) is 2. The van der Waals surface area contributed by atoms with Gasteiger partial charge in [0.05, 0.1) is 0 Å². The maximum Gasteiger partial charge on any atom is 0.355 e. The molecule has 1 atom stereocenters. The van der Waals surface area contributed by atoms with Crippen molar-refractivity contribution in [2.24, 2.45) is 0 Å². The summed E-state index contributed by atoms with van der Waals surface area (Å²) < 4.78 is 10.3. The van der Waals surface area contributed by atoms with Crippen LogP contribution in [-0.2, 0) is 19.1 Å². The lowest BCUT2D eigenvalue weighted by molar-refractivity contribution is -0.183. The van der Waals surface area contributed by atoms with Crippen LogP contribution < -0.4 is 0 Å². The van der Waals surface area contributed by atoms with Crippen molar-refractivity contribution in [1.29, 1.82) is 5.26 Å². The van der Waals surface area contributed by atoms with Crippen molar-refractivity contribution >= 4 is 11.9 Å². The highest BCUT2D eigenvalue weighted by Crippen LogP contribution is 2.13. The van der Waals surface area contributed by atoms with Gasteiger partial charge in [0.15, 0.2) is 5.57 Å². The van der Waals surface area contributed by atoms with Crippen molar-refractivity contribution in [3.63, 3.8) is 0 Å². The van der Waals surface area contributed by atoms with Gasteiger partial charge in [-0.3, -0.25) is 0 Å². The van der Waals surface area contributed by atoms with Crippen LogP contribution in [0.5, 0.6) is 0 Å². The molecule has 0 aromatic heterocycles. The van der Waals surface area contributed by atoms with Gasteiger partial charge in [0.25, 0.3) is 6.54 Å². The Morgan fingerprint density at radius 1 is 0.962 bits per heavy atom. The molecule has 0 saturated carbocycles. The monoisotopic (exact) mass is 361 g/mol. The van der Waals surface area contributed by atoms with Crippen molar-refractivity contribution in [1.82, 2.24) is 0 Å². The molecular formula is C20H29N2O4+. The van der Waals surface area contributed by atoms with E-state index in [0.29, 0.717) is 13.0 Å². The molecular weight excluding hydrogens is 332 g/mol. The summed E-state index contributed by atoms with van der Waals surface area (Å²) in [6, 6.07) is 4.16. The molecule has 0 aliphatic carbocycles. The lowest BCUT2D eigenvalue weighted by atomic mass is 10.1. The number of rotatable bonds is 12. The molecule has 0 aliphatic heterocycles. The van der Waals surface area contributed by atoms with E-state index in [4.69, 9.17) is 14.7 Å². The van der Waals surface area contributed by atoms with E-state index < -0.39 is 18.2 Å². The first-order valence-corrected chi connectivity index (χ1v) is 9.08. The van der Waals surface area contributed by atoms with Crippen LogP contribution in [0.25, 0.3) is 4.85 Å². The van der Waals surface area contributed by atoms with Crippen molar-refractivity contribution in [2.75, 3.05) is 6.54 Å². The zero-order chi connectivity index (χ0) is 19.8. The van der Waals surface area contributed by atoms with Crippen LogP contribution in [0.1, 0.15) is 65.2 Å². The van der Waals surface area contributed by atoms with Crippen LogP contribution in [0.15, 0.2) is 24.3 Å². The van der Waals surface area contributed by atoms with Gasteiger partial charge in [0, 0.05) is 12.8 Å². The second kappa shape index (κ2) is 14.7. The third-order valence-corrected chi connectivity index (χ3v) is 3.49. The van der Waals surface area contributed by atoms with Gasteiger partial charge >= 0.3 is 18.0 Å². The molecule has 0 bridgehead atoms. The highest BCUT2D eigenvalue weighted by Gasteiger charge is 2.23. The fraction of sp³-hybridized carbons (Fsp3) is 0.600. The first-order valence-electron chi connectivity index (χ1n) is 9.08. The molecule has 0 aromatic carbocycles. The van der Waals surface area contributed by atoms with E-state index in [9.17, 15) is 9.59 Å². The van der Waals surface area contributed by atoms with Crippen molar-refractivity contribution in [3.8, 4) is 12.1 Å². The molecule has 0 spiro atoms. The summed E-state index contributed by atoms with van der Waals surface area (Å²) in [6.45, 7) is 11.6. The maximum atomic E-state index is 12.1. The minimum Gasteiger partial charge on any atom is -0.421 e. The third-order valence-electron chi connectivity index (χ3n) is 3.49. The Morgan fingerprint density at radius 3 is 2.12 bits per heavy atom. The van der Waals surface area contributed by atoms with Crippen molar-refractivity contribution in [2.45, 2.75) is 71.5 Å². The summed E-state index contributed by atoms with van der Waals surface area (Å²) in [5.41, 5.74) is -0.379. The summed E-state index contributed by atoms with van der Waals surface area (Å²) in [5, 5.41) is 8.71. The minimum absolute atomic E-state index is 0.0350. The number of unbranched alkanes of at least 4 members (excludes halogenated alkanes) is 5. The van der Waals surface area contributed by atoms with Crippen molar-refractivity contribution < 1.29 is 19.1 Å². The molecule has 0 amide bonds. The quantitative estimate of drug-likeness (QED) is 0.168. The van der Waals surface area contributed by atoms with Crippen LogP contribution >= 0.6 is 0 Å². The van der Waals surface area contributed by atoms with Crippen LogP contribution in [0.3, 0.4) is 0 Å². The van der Waals surface area contributed by atoms with Gasteiger partial charge in [-0.25, -0.2) is 9.59 Å². The van der Waals surface area contributed by atoms with E-state index in [2.05, 4.69) is 31.0 Å². The van der Waals surface area contributed by atoms with E-state index >= 15 is 0 Å². The van der Waals surface area contributed by atoms with Gasteiger partial charge in [-0.1, -0.05) is 57.5 Å². The molecule has 142 valence electrons. The van der Waals surface area contributed by atoms with E-state index in [-0.39, 0.29) is 11.1 Å². The molecule has 0 N–H and O–H groups in total. The maximum absolute atomic E-state index is 12.1. The Kier molecular flexibility index (Phi) is 13.2. The Hall–Kier alpha value is -2.60. The summed E-state index contributed by atoms with van der Waals surface area (Å²) in [7, 11) is 0. The highest BCUT2D eigenvalue weighted by atomic mass is 16.7. The third kappa shape index (κ3) is 11.0. The van der Waals surface area contributed by atoms with Gasteiger partial charge in [-0.15, -0.1) is 0 Å². The zero-order valence-electron chi connectivity index (χ0n) is 15.9. The lowest BCUT2D eigenvalue weighted by Crippen LogP contribution is -2.25. The van der Waals surface area contributed by atoms with Crippen LogP contribution in [0.4, 0.5) is 0 Å². The molecule has 0 radical (unpaired) electrons. The summed E-state index contributed by atoms with van der Waals surface area (Å²) >= 11 is 0. The Morgan fingerprint density at radius 2 is 1.54 bits per heavy atom. The molecule has 0 fully saturated rings. The molecule has 0 saturated heterocycles. The number of hydrogen-bond acceptors (Lipinski definition) is 5. The van der Waals surface area contributed by atoms with Crippen LogP contribution in [0, 0.1) is 17.4 Å². The van der Waals surface area contributed by atoms with Crippen molar-refractivity contribution in [3.05, 3.63) is 29.1 Å². The molecule has 0 heterocycles. The fourth-order valence-corrected chi connectivity index (χ4v) is 1.92. The molecule has 6 heteroatoms. The lowest BCUT2D eigenvalue weighted by Gasteiger charge is -2.17. The normalized spacial score (nSPS) is 10.7. The first-order chi connectivity index (χ1) is 12.5. The van der Waals surface area contributed by atoms with E-state index in [1.807, 2.05) is 6.92 Å². The number of carbonyl (C=O) groups is 2. The largest absolute Gasteiger partial charge is 0.421 e. The fourth-order valence-electron chi connectivity index (χ4n) is 1.92. The van der Waals surface area contributed by atoms with E-state index in [1.54, 1.807) is 6.07 Å². The predicted octanol–water partition coefficient (Wildman–Crippen LogP) is 4.53. The van der Waals surface area contributed by atoms with Crippen LogP contribution in [-0.4, -0.2) is 24.8 Å². The second-order valence-corrected chi connectivity index (χ2v) is 5.86. The zero-order valence-corrected chi connectivity index (χ0v) is 15.9. The Labute approximate surface area is 156 Å². The van der Waals surface area contributed by atoms with Gasteiger partial charge in [-0.2, -0.15) is 5.26 Å². The average Bonchev–Trinajstić information content (AvgIpc) is 2.63. The molecule has 1 unspecified atom stereocenters. The Balaban J connectivity index is 4.70. The number of ether oxygens (including phenoxy) is 2. The average molecular weight is 361 g/mol. The first kappa shape index (κ1) is 23.4. The minimum atomic E-state index is -1.09. The predicted molar refractivity (Wildman–Crippen MR) is 100 cm³/mol. The molecule has 0 aliphatic rings. The van der Waals surface area contributed by atoms with Gasteiger partial charge in [0.1, 0.15) is 11.6 Å². The highest BCUT2D eigenvalue weighted by molar-refractivity contribution is 5.93. The second-order valence-electron chi connectivity index (χ2n) is 5.86. The molecule has 6 nitrogen and oxygen atoms in total. The molecule has 0 rings (SSSR count). The van der Waals surface area contributed by atoms with E-state index in [0.717, 1.165) is 44.9 Å². The Bertz CT molecular complexity index is 593. The van der Waals surface area contributed by atoms with Gasteiger partial charge < -0.3 is 9.47 Å². The van der Waals surface area contributed by atoms with Gasteiger partial charge in [0.2, 0.25) is 6.29 Å². The topological polar surface area (TPSA) is 80.8 Å². The number of nitriles is 1. The van der Waals surface area contributed by atoms with Crippen LogP contribution in [0.2, 0.25) is 0 Å². The standard InChI is InChI=1S/C20H29N2O4/c1-5-7-9-10-11-12-18(25-19(23)16(3)14-21)26-20(24)17(4)15-22-13-8-6-2/h18H,3-13H2,1-2H3/q+1. The van der Waals surface area contributed by atoms with Gasteiger partial charge in [-0.05, 0) is 12.8 Å². The number of hydrogen-bond donors (Lipinski definition) is 0. The summed E-state index contributed by atoms with van der Waals surface area (Å²) in [6.07, 6.45) is 6.09. The smallest absolute Gasteiger partial charge is 0.355 e. The number of esters is 2. The summed E-state index contributed by atoms with van der Waals surface area (Å²) in [4.78, 5) is 27.7. The summed E-state index contributed by atoms with van der Waals surface area (Å²) in [5.74, 6) is -1.65.